The average Bonchev–Trinajstić information content (AvgIpc) is 3.17. The van der Waals surface area contributed by atoms with E-state index in [2.05, 4.69) is 0 Å². The van der Waals surface area contributed by atoms with Gasteiger partial charge in [-0.1, -0.05) is 30.3 Å². The van der Waals surface area contributed by atoms with E-state index in [1.165, 1.54) is 16.2 Å². The van der Waals surface area contributed by atoms with Gasteiger partial charge >= 0.3 is 0 Å². The number of benzene rings is 1. The number of fused-ring (bicyclic) bond motifs is 3. The molecule has 1 amide bonds. The number of likely N-dealkylation sites (N-methyl/N-ethyl adjacent to an activating group) is 1. The lowest BCUT2D eigenvalue weighted by molar-refractivity contribution is 0.0768. The molecule has 0 fully saturated rings. The molecule has 1 N–H and O–H groups in total. The monoisotopic (exact) mass is 378 g/mol. The van der Waals surface area contributed by atoms with E-state index in [4.69, 9.17) is 0 Å². The molecule has 0 bridgehead atoms. The maximum atomic E-state index is 13.2. The molecule has 5 nitrogen and oxygen atoms in total. The minimum absolute atomic E-state index is 0.118. The molecule has 4 aromatic rings. The van der Waals surface area contributed by atoms with Crippen LogP contribution in [0.1, 0.15) is 10.4 Å². The molecule has 0 saturated carbocycles. The van der Waals surface area contributed by atoms with Gasteiger partial charge in [-0.3, -0.25) is 14.0 Å². The first kappa shape index (κ1) is 17.5. The van der Waals surface area contributed by atoms with Crippen molar-refractivity contribution in [3.63, 3.8) is 0 Å². The van der Waals surface area contributed by atoms with E-state index in [1.807, 2.05) is 47.8 Å². The first-order chi connectivity index (χ1) is 13.1. The van der Waals surface area contributed by atoms with Crippen LogP contribution >= 0.6 is 11.3 Å². The molecular formula is C21H18N2O3S. The highest BCUT2D eigenvalue weighted by molar-refractivity contribution is 7.18. The van der Waals surface area contributed by atoms with Crippen LogP contribution in [0, 0.1) is 0 Å². The second kappa shape index (κ2) is 6.98. The zero-order chi connectivity index (χ0) is 19.0. The molecule has 0 unspecified atom stereocenters. The van der Waals surface area contributed by atoms with Crippen molar-refractivity contribution >= 4 is 32.8 Å². The summed E-state index contributed by atoms with van der Waals surface area (Å²) in [5, 5.41) is 12.2. The quantitative estimate of drug-likeness (QED) is 0.593. The molecule has 1 aromatic carbocycles. The Morgan fingerprint density at radius 2 is 1.96 bits per heavy atom. The van der Waals surface area contributed by atoms with E-state index >= 15 is 0 Å². The first-order valence-electron chi connectivity index (χ1n) is 8.59. The number of hydrogen-bond donors (Lipinski definition) is 1. The normalized spacial score (nSPS) is 11.2. The molecule has 0 aliphatic heterocycles. The van der Waals surface area contributed by atoms with E-state index < -0.39 is 0 Å². The second-order valence-corrected chi connectivity index (χ2v) is 7.25. The molecule has 0 aliphatic rings. The smallest absolute Gasteiger partial charge is 0.263 e. The van der Waals surface area contributed by atoms with Crippen LogP contribution in [0.5, 0.6) is 0 Å². The number of carbonyl (C=O) groups excluding carboxylic acids is 1. The van der Waals surface area contributed by atoms with Crippen molar-refractivity contribution in [1.29, 1.82) is 0 Å². The van der Waals surface area contributed by atoms with Crippen molar-refractivity contribution in [1.82, 2.24) is 9.30 Å². The minimum Gasteiger partial charge on any atom is -0.395 e. The van der Waals surface area contributed by atoms with Crippen LogP contribution < -0.4 is 5.56 Å². The van der Waals surface area contributed by atoms with Gasteiger partial charge < -0.3 is 10.0 Å². The van der Waals surface area contributed by atoms with Crippen molar-refractivity contribution in [3.05, 3.63) is 76.0 Å². The van der Waals surface area contributed by atoms with Crippen molar-refractivity contribution in [2.75, 3.05) is 20.2 Å². The van der Waals surface area contributed by atoms with E-state index in [0.717, 1.165) is 15.6 Å². The highest BCUT2D eigenvalue weighted by Crippen LogP contribution is 2.29. The summed E-state index contributed by atoms with van der Waals surface area (Å²) in [5.74, 6) is -0.223. The van der Waals surface area contributed by atoms with E-state index in [9.17, 15) is 14.7 Å². The number of aliphatic hydroxyl groups is 1. The second-order valence-electron chi connectivity index (χ2n) is 6.33. The SMILES string of the molecule is CN(CCO)C(=O)c1cc(-c2ccccc2)c(=O)n2ccc3ccsc3c12. The summed E-state index contributed by atoms with van der Waals surface area (Å²) in [6.45, 7) is 0.109. The predicted molar refractivity (Wildman–Crippen MR) is 109 cm³/mol. The van der Waals surface area contributed by atoms with Gasteiger partial charge in [-0.15, -0.1) is 11.3 Å². The number of hydrogen-bond acceptors (Lipinski definition) is 4. The molecule has 27 heavy (non-hydrogen) atoms. The number of thiophene rings is 1. The van der Waals surface area contributed by atoms with Gasteiger partial charge in [-0.05, 0) is 34.5 Å². The van der Waals surface area contributed by atoms with Crippen LogP contribution in [0.15, 0.2) is 64.9 Å². The van der Waals surface area contributed by atoms with Crippen molar-refractivity contribution in [2.45, 2.75) is 0 Å². The molecule has 4 rings (SSSR count). The standard InChI is InChI=1S/C21H18N2O3S/c1-22(10-11-24)20(25)17-13-16(14-5-3-2-4-6-14)21(26)23-9-7-15-8-12-27-19(15)18(17)23/h2-9,12-13,24H,10-11H2,1H3. The highest BCUT2D eigenvalue weighted by Gasteiger charge is 2.21. The van der Waals surface area contributed by atoms with Gasteiger partial charge in [-0.2, -0.15) is 0 Å². The molecule has 0 aliphatic carbocycles. The van der Waals surface area contributed by atoms with Crippen LogP contribution in [-0.4, -0.2) is 40.5 Å². The molecule has 3 heterocycles. The molecule has 3 aromatic heterocycles. The van der Waals surface area contributed by atoms with Gasteiger partial charge in [0.1, 0.15) is 0 Å². The van der Waals surface area contributed by atoms with E-state index in [0.29, 0.717) is 16.6 Å². The number of aliphatic hydroxyl groups excluding tert-OH is 1. The summed E-state index contributed by atoms with van der Waals surface area (Å²) in [4.78, 5) is 27.8. The molecule has 136 valence electrons. The summed E-state index contributed by atoms with van der Waals surface area (Å²) in [6.07, 6.45) is 1.72. The maximum Gasteiger partial charge on any atom is 0.263 e. The van der Waals surface area contributed by atoms with Gasteiger partial charge in [0.15, 0.2) is 0 Å². The Labute approximate surface area is 159 Å². The van der Waals surface area contributed by atoms with Crippen LogP contribution in [0.4, 0.5) is 0 Å². The number of rotatable bonds is 4. The molecule has 0 saturated heterocycles. The van der Waals surface area contributed by atoms with E-state index in [-0.39, 0.29) is 24.6 Å². The molecule has 6 heteroatoms. The Kier molecular flexibility index (Phi) is 4.51. The summed E-state index contributed by atoms with van der Waals surface area (Å²) in [7, 11) is 1.65. The van der Waals surface area contributed by atoms with Crippen LogP contribution in [0.2, 0.25) is 0 Å². The predicted octanol–water partition coefficient (Wildman–Crippen LogP) is 3.25. The fraction of sp³-hybridized carbons (Fsp3) is 0.143. The molecule has 0 spiro atoms. The number of pyridine rings is 2. The largest absolute Gasteiger partial charge is 0.395 e. The zero-order valence-corrected chi connectivity index (χ0v) is 15.6. The molecule has 0 radical (unpaired) electrons. The summed E-state index contributed by atoms with van der Waals surface area (Å²) < 4.78 is 2.45. The van der Waals surface area contributed by atoms with E-state index in [1.54, 1.807) is 23.7 Å². The lowest BCUT2D eigenvalue weighted by Crippen LogP contribution is -2.31. The lowest BCUT2D eigenvalue weighted by atomic mass is 10.0. The fourth-order valence-electron chi connectivity index (χ4n) is 3.25. The zero-order valence-electron chi connectivity index (χ0n) is 14.8. The molecular weight excluding hydrogens is 360 g/mol. The maximum absolute atomic E-state index is 13.2. The van der Waals surface area contributed by atoms with Crippen molar-refractivity contribution in [2.24, 2.45) is 0 Å². The van der Waals surface area contributed by atoms with Crippen LogP contribution in [0.25, 0.3) is 26.7 Å². The Morgan fingerprint density at radius 1 is 1.19 bits per heavy atom. The van der Waals surface area contributed by atoms with Crippen molar-refractivity contribution < 1.29 is 9.90 Å². The van der Waals surface area contributed by atoms with Gasteiger partial charge in [0.2, 0.25) is 0 Å². The van der Waals surface area contributed by atoms with Gasteiger partial charge in [0.05, 0.1) is 22.4 Å². The van der Waals surface area contributed by atoms with Crippen LogP contribution in [0.3, 0.4) is 0 Å². The van der Waals surface area contributed by atoms with Crippen LogP contribution in [-0.2, 0) is 0 Å². The Balaban J connectivity index is 2.09. The third kappa shape index (κ3) is 2.93. The first-order valence-corrected chi connectivity index (χ1v) is 9.47. The lowest BCUT2D eigenvalue weighted by Gasteiger charge is -2.18. The van der Waals surface area contributed by atoms with Gasteiger partial charge in [0, 0.05) is 25.4 Å². The Morgan fingerprint density at radius 3 is 2.70 bits per heavy atom. The fourth-order valence-corrected chi connectivity index (χ4v) is 4.19. The average molecular weight is 378 g/mol. The van der Waals surface area contributed by atoms with Gasteiger partial charge in [0.25, 0.3) is 11.5 Å². The third-order valence-corrected chi connectivity index (χ3v) is 5.58. The summed E-state index contributed by atoms with van der Waals surface area (Å²) in [5.41, 5.74) is 2.15. The third-order valence-electron chi connectivity index (χ3n) is 4.65. The Hall–Kier alpha value is -2.96. The minimum atomic E-state index is -0.223. The van der Waals surface area contributed by atoms with Gasteiger partial charge in [-0.25, -0.2) is 0 Å². The molecule has 0 atom stereocenters. The number of amides is 1. The Bertz CT molecular complexity index is 1190. The number of aromatic nitrogens is 1. The topological polar surface area (TPSA) is 62.0 Å². The number of carbonyl (C=O) groups is 1. The highest BCUT2D eigenvalue weighted by atomic mass is 32.1. The summed E-state index contributed by atoms with van der Waals surface area (Å²) >= 11 is 1.50. The van der Waals surface area contributed by atoms with Crippen molar-refractivity contribution in [3.8, 4) is 11.1 Å². The summed E-state index contributed by atoms with van der Waals surface area (Å²) in [6, 6.07) is 14.9. The number of nitrogens with zero attached hydrogens (tertiary/aromatic N) is 2.